The molecule has 0 aliphatic carbocycles. The number of amides is 1. The smallest absolute Gasteiger partial charge is 0.339 e. The number of aryl methyl sites for hydroxylation is 1. The van der Waals surface area contributed by atoms with Crippen LogP contribution in [0.15, 0.2) is 34.7 Å². The topological polar surface area (TPSA) is 79.5 Å². The number of furan rings is 1. The van der Waals surface area contributed by atoms with Gasteiger partial charge in [0.1, 0.15) is 17.1 Å². The second-order valence-corrected chi connectivity index (χ2v) is 6.80. The van der Waals surface area contributed by atoms with Gasteiger partial charge in [0.2, 0.25) is 5.91 Å². The van der Waals surface area contributed by atoms with Gasteiger partial charge in [0.05, 0.1) is 6.54 Å². The average molecular weight is 350 g/mol. The molecule has 2 aromatic rings. The summed E-state index contributed by atoms with van der Waals surface area (Å²) < 4.78 is 5.36. The van der Waals surface area contributed by atoms with Crippen molar-refractivity contribution in [1.29, 1.82) is 0 Å². The summed E-state index contributed by atoms with van der Waals surface area (Å²) in [4.78, 5) is 23.5. The van der Waals surface area contributed by atoms with Gasteiger partial charge < -0.3 is 14.8 Å². The number of hydrogen-bond donors (Lipinski definition) is 2. The van der Waals surface area contributed by atoms with Crippen LogP contribution in [0, 0.1) is 12.3 Å². The summed E-state index contributed by atoms with van der Waals surface area (Å²) in [6.07, 6.45) is 0.539. The highest BCUT2D eigenvalue weighted by atomic mass is 35.5. The highest BCUT2D eigenvalue weighted by Gasteiger charge is 2.28. The van der Waals surface area contributed by atoms with Crippen molar-refractivity contribution >= 4 is 23.5 Å². The van der Waals surface area contributed by atoms with Gasteiger partial charge in [0.15, 0.2) is 0 Å². The lowest BCUT2D eigenvalue weighted by Gasteiger charge is -2.23. The lowest BCUT2D eigenvalue weighted by molar-refractivity contribution is -0.129. The van der Waals surface area contributed by atoms with Gasteiger partial charge in [-0.15, -0.1) is 0 Å². The zero-order valence-corrected chi connectivity index (χ0v) is 14.6. The fourth-order valence-corrected chi connectivity index (χ4v) is 2.70. The molecule has 0 radical (unpaired) electrons. The van der Waals surface area contributed by atoms with Crippen molar-refractivity contribution in [3.8, 4) is 0 Å². The maximum atomic E-state index is 12.5. The van der Waals surface area contributed by atoms with Crippen LogP contribution in [0.1, 0.15) is 41.3 Å². The second kappa shape index (κ2) is 7.09. The molecule has 5 nitrogen and oxygen atoms in total. The zero-order chi connectivity index (χ0) is 17.9. The van der Waals surface area contributed by atoms with Gasteiger partial charge in [0.25, 0.3) is 0 Å². The standard InChI is InChI=1S/C18H20ClNO4/c1-11-15(16(21)22)8-14(24-11)10-20-17(23)18(2,3)9-12-5-4-6-13(19)7-12/h4-8H,9-10H2,1-3H3,(H,20,23)(H,21,22). The van der Waals surface area contributed by atoms with Crippen LogP contribution in [0.3, 0.4) is 0 Å². The van der Waals surface area contributed by atoms with Crippen LogP contribution in [-0.2, 0) is 17.8 Å². The number of carbonyl (C=O) groups excluding carboxylic acids is 1. The lowest BCUT2D eigenvalue weighted by atomic mass is 9.85. The molecule has 1 amide bonds. The third kappa shape index (κ3) is 4.38. The van der Waals surface area contributed by atoms with E-state index >= 15 is 0 Å². The molecule has 1 heterocycles. The number of carbonyl (C=O) groups is 2. The van der Waals surface area contributed by atoms with Crippen LogP contribution < -0.4 is 5.32 Å². The summed E-state index contributed by atoms with van der Waals surface area (Å²) in [5.74, 6) is -0.453. The van der Waals surface area contributed by atoms with Crippen molar-refractivity contribution < 1.29 is 19.1 Å². The van der Waals surface area contributed by atoms with E-state index in [4.69, 9.17) is 21.1 Å². The van der Waals surface area contributed by atoms with Crippen LogP contribution in [0.25, 0.3) is 0 Å². The molecule has 0 saturated heterocycles. The highest BCUT2D eigenvalue weighted by Crippen LogP contribution is 2.24. The van der Waals surface area contributed by atoms with Crippen LogP contribution in [-0.4, -0.2) is 17.0 Å². The Morgan fingerprint density at radius 2 is 2.00 bits per heavy atom. The molecular formula is C18H20ClNO4. The predicted octanol–water partition coefficient (Wildman–Crippen LogP) is 3.82. The Morgan fingerprint density at radius 3 is 2.58 bits per heavy atom. The second-order valence-electron chi connectivity index (χ2n) is 6.36. The zero-order valence-electron chi connectivity index (χ0n) is 13.9. The molecular weight excluding hydrogens is 330 g/mol. The average Bonchev–Trinajstić information content (AvgIpc) is 2.85. The van der Waals surface area contributed by atoms with Crippen molar-refractivity contribution in [3.05, 3.63) is 58.0 Å². The molecule has 0 saturated carbocycles. The van der Waals surface area contributed by atoms with Crippen LogP contribution >= 0.6 is 11.6 Å². The Morgan fingerprint density at radius 1 is 1.29 bits per heavy atom. The minimum Gasteiger partial charge on any atom is -0.478 e. The van der Waals surface area contributed by atoms with Gasteiger partial charge in [0, 0.05) is 10.4 Å². The largest absolute Gasteiger partial charge is 0.478 e. The Balaban J connectivity index is 2.00. The molecule has 2 rings (SSSR count). The first-order valence-electron chi connectivity index (χ1n) is 7.54. The van der Waals surface area contributed by atoms with Crippen LogP contribution in [0.4, 0.5) is 0 Å². The Hall–Kier alpha value is -2.27. The molecule has 0 unspecified atom stereocenters. The van der Waals surface area contributed by atoms with E-state index in [9.17, 15) is 9.59 Å². The monoisotopic (exact) mass is 349 g/mol. The molecule has 24 heavy (non-hydrogen) atoms. The summed E-state index contributed by atoms with van der Waals surface area (Å²) in [5, 5.41) is 12.4. The van der Waals surface area contributed by atoms with Gasteiger partial charge in [-0.3, -0.25) is 4.79 Å². The van der Waals surface area contributed by atoms with E-state index in [-0.39, 0.29) is 18.0 Å². The normalized spacial score (nSPS) is 11.3. The summed E-state index contributed by atoms with van der Waals surface area (Å²) in [5.41, 5.74) is 0.448. The number of benzene rings is 1. The van der Waals surface area contributed by atoms with Gasteiger partial charge >= 0.3 is 5.97 Å². The SMILES string of the molecule is Cc1oc(CNC(=O)C(C)(C)Cc2cccc(Cl)c2)cc1C(=O)O. The van der Waals surface area contributed by atoms with Gasteiger partial charge in [-0.25, -0.2) is 4.79 Å². The van der Waals surface area contributed by atoms with Crippen LogP contribution in [0.5, 0.6) is 0 Å². The summed E-state index contributed by atoms with van der Waals surface area (Å²) in [7, 11) is 0. The fourth-order valence-electron chi connectivity index (χ4n) is 2.49. The first-order valence-corrected chi connectivity index (χ1v) is 7.92. The lowest BCUT2D eigenvalue weighted by Crippen LogP contribution is -2.37. The minimum absolute atomic E-state index is 0.109. The molecule has 6 heteroatoms. The van der Waals surface area contributed by atoms with Crippen molar-refractivity contribution in [2.45, 2.75) is 33.7 Å². The molecule has 0 spiro atoms. The van der Waals surface area contributed by atoms with Crippen molar-refractivity contribution in [1.82, 2.24) is 5.32 Å². The number of hydrogen-bond acceptors (Lipinski definition) is 3. The van der Waals surface area contributed by atoms with Crippen molar-refractivity contribution in [3.63, 3.8) is 0 Å². The van der Waals surface area contributed by atoms with Gasteiger partial charge in [-0.05, 0) is 37.1 Å². The van der Waals surface area contributed by atoms with E-state index < -0.39 is 11.4 Å². The number of nitrogens with one attached hydrogen (secondary N) is 1. The molecule has 2 N–H and O–H groups in total. The maximum absolute atomic E-state index is 12.5. The molecule has 0 aliphatic heterocycles. The number of carboxylic acid groups (broad SMARTS) is 1. The predicted molar refractivity (Wildman–Crippen MR) is 91.2 cm³/mol. The number of halogens is 1. The van der Waals surface area contributed by atoms with Crippen molar-refractivity contribution in [2.24, 2.45) is 5.41 Å². The summed E-state index contributed by atoms with van der Waals surface area (Å²) in [6.45, 7) is 5.42. The number of carboxylic acids is 1. The van der Waals surface area contributed by atoms with Crippen LogP contribution in [0.2, 0.25) is 5.02 Å². The fraction of sp³-hybridized carbons (Fsp3) is 0.333. The molecule has 0 bridgehead atoms. The first-order chi connectivity index (χ1) is 11.2. The summed E-state index contributed by atoms with van der Waals surface area (Å²) in [6, 6.07) is 8.84. The minimum atomic E-state index is -1.05. The van der Waals surface area contributed by atoms with E-state index in [0.717, 1.165) is 5.56 Å². The van der Waals surface area contributed by atoms with Crippen molar-refractivity contribution in [2.75, 3.05) is 0 Å². The quantitative estimate of drug-likeness (QED) is 0.830. The van der Waals surface area contributed by atoms with E-state index in [2.05, 4.69) is 5.32 Å². The van der Waals surface area contributed by atoms with E-state index in [1.165, 1.54) is 6.07 Å². The molecule has 0 atom stereocenters. The van der Waals surface area contributed by atoms with E-state index in [0.29, 0.717) is 23.0 Å². The maximum Gasteiger partial charge on any atom is 0.339 e. The molecule has 1 aromatic carbocycles. The Labute approximate surface area is 145 Å². The van der Waals surface area contributed by atoms with Gasteiger partial charge in [-0.2, -0.15) is 0 Å². The van der Waals surface area contributed by atoms with Gasteiger partial charge in [-0.1, -0.05) is 37.6 Å². The Bertz CT molecular complexity index is 764. The van der Waals surface area contributed by atoms with E-state index in [1.807, 2.05) is 32.0 Å². The molecule has 128 valence electrons. The molecule has 1 aromatic heterocycles. The summed E-state index contributed by atoms with van der Waals surface area (Å²) >= 11 is 5.98. The van der Waals surface area contributed by atoms with E-state index in [1.54, 1.807) is 13.0 Å². The first kappa shape index (κ1) is 18.1. The Kier molecular flexibility index (Phi) is 5.34. The molecule has 0 aliphatic rings. The molecule has 0 fully saturated rings. The highest BCUT2D eigenvalue weighted by molar-refractivity contribution is 6.30. The number of aromatic carboxylic acids is 1. The third-order valence-corrected chi connectivity index (χ3v) is 4.01. The third-order valence-electron chi connectivity index (χ3n) is 3.77. The number of rotatable bonds is 6.